The van der Waals surface area contributed by atoms with Crippen molar-refractivity contribution in [1.82, 2.24) is 20.2 Å². The van der Waals surface area contributed by atoms with Crippen molar-refractivity contribution >= 4 is 11.6 Å². The van der Waals surface area contributed by atoms with Gasteiger partial charge in [-0.2, -0.15) is 0 Å². The Morgan fingerprint density at radius 1 is 1.35 bits per heavy atom. The molecule has 0 saturated heterocycles. The van der Waals surface area contributed by atoms with Crippen LogP contribution >= 0.6 is 0 Å². The number of nitrogens with zero attached hydrogens (tertiary/aromatic N) is 4. The van der Waals surface area contributed by atoms with E-state index in [1.807, 2.05) is 32.0 Å². The molecule has 0 aliphatic rings. The molecule has 0 fully saturated rings. The van der Waals surface area contributed by atoms with Crippen LogP contribution in [-0.2, 0) is 11.3 Å². The van der Waals surface area contributed by atoms with Gasteiger partial charge in [0.05, 0.1) is 0 Å². The molecule has 1 heterocycles. The Morgan fingerprint density at radius 3 is 2.82 bits per heavy atom. The maximum Gasteiger partial charge on any atom is 0.246 e. The van der Waals surface area contributed by atoms with Gasteiger partial charge in [-0.3, -0.25) is 4.79 Å². The predicted molar refractivity (Wildman–Crippen MR) is 62.4 cm³/mol. The Bertz CT molecular complexity index is 521. The number of aryl methyl sites for hydroxylation is 2. The molecule has 0 radical (unpaired) electrons. The van der Waals surface area contributed by atoms with Crippen molar-refractivity contribution in [1.29, 1.82) is 0 Å². The van der Waals surface area contributed by atoms with Crippen LogP contribution in [0, 0.1) is 13.8 Å². The van der Waals surface area contributed by atoms with E-state index in [4.69, 9.17) is 0 Å². The summed E-state index contributed by atoms with van der Waals surface area (Å²) in [6.45, 7) is 4.15. The van der Waals surface area contributed by atoms with Gasteiger partial charge >= 0.3 is 0 Å². The standard InChI is InChI=1S/C11H13N5O/c1-8-3-4-10(5-9(8)2)13-11(17)6-16-7-12-14-15-16/h3-5,7H,6H2,1-2H3,(H,13,17). The summed E-state index contributed by atoms with van der Waals surface area (Å²) in [6, 6.07) is 5.79. The summed E-state index contributed by atoms with van der Waals surface area (Å²) >= 11 is 0. The van der Waals surface area contributed by atoms with Crippen LogP contribution in [-0.4, -0.2) is 26.1 Å². The lowest BCUT2D eigenvalue weighted by Crippen LogP contribution is -2.19. The summed E-state index contributed by atoms with van der Waals surface area (Å²) in [5, 5.41) is 13.3. The van der Waals surface area contributed by atoms with Crippen molar-refractivity contribution < 1.29 is 4.79 Å². The second-order valence-electron chi connectivity index (χ2n) is 3.85. The zero-order valence-electron chi connectivity index (χ0n) is 9.71. The smallest absolute Gasteiger partial charge is 0.246 e. The molecule has 0 spiro atoms. The van der Waals surface area contributed by atoms with E-state index in [1.54, 1.807) is 0 Å². The molecule has 0 bridgehead atoms. The first kappa shape index (κ1) is 11.3. The quantitative estimate of drug-likeness (QED) is 0.852. The van der Waals surface area contributed by atoms with Gasteiger partial charge in [0.25, 0.3) is 0 Å². The predicted octanol–water partition coefficient (Wildman–Crippen LogP) is 0.929. The van der Waals surface area contributed by atoms with Gasteiger partial charge in [0.2, 0.25) is 5.91 Å². The fourth-order valence-electron chi connectivity index (χ4n) is 1.42. The molecule has 2 rings (SSSR count). The van der Waals surface area contributed by atoms with Crippen LogP contribution in [0.1, 0.15) is 11.1 Å². The average Bonchev–Trinajstić information content (AvgIpc) is 2.76. The van der Waals surface area contributed by atoms with Crippen LogP contribution in [0.3, 0.4) is 0 Å². The summed E-state index contributed by atoms with van der Waals surface area (Å²) < 4.78 is 1.37. The molecular formula is C11H13N5O. The monoisotopic (exact) mass is 231 g/mol. The fraction of sp³-hybridized carbons (Fsp3) is 0.273. The lowest BCUT2D eigenvalue weighted by molar-refractivity contribution is -0.116. The number of anilines is 1. The number of rotatable bonds is 3. The minimum Gasteiger partial charge on any atom is -0.324 e. The van der Waals surface area contributed by atoms with E-state index in [9.17, 15) is 4.79 Å². The number of nitrogens with one attached hydrogen (secondary N) is 1. The Balaban J connectivity index is 2.00. The zero-order chi connectivity index (χ0) is 12.3. The third-order valence-corrected chi connectivity index (χ3v) is 2.49. The normalized spacial score (nSPS) is 10.2. The van der Waals surface area contributed by atoms with Crippen LogP contribution in [0.4, 0.5) is 5.69 Å². The molecule has 17 heavy (non-hydrogen) atoms. The summed E-state index contributed by atoms with van der Waals surface area (Å²) in [5.74, 6) is -0.152. The number of carbonyl (C=O) groups is 1. The molecule has 0 saturated carbocycles. The molecule has 0 atom stereocenters. The number of benzene rings is 1. The average molecular weight is 231 g/mol. The summed E-state index contributed by atoms with van der Waals surface area (Å²) in [6.07, 6.45) is 1.40. The third-order valence-electron chi connectivity index (χ3n) is 2.49. The molecule has 1 aromatic carbocycles. The molecule has 1 amide bonds. The first-order valence-electron chi connectivity index (χ1n) is 5.23. The number of amides is 1. The first-order valence-corrected chi connectivity index (χ1v) is 5.23. The highest BCUT2D eigenvalue weighted by Crippen LogP contribution is 2.13. The number of aromatic nitrogens is 4. The highest BCUT2D eigenvalue weighted by atomic mass is 16.2. The lowest BCUT2D eigenvalue weighted by atomic mass is 10.1. The molecule has 2 aromatic rings. The number of hydrogen-bond donors (Lipinski definition) is 1. The number of tetrazole rings is 1. The molecule has 1 N–H and O–H groups in total. The summed E-state index contributed by atoms with van der Waals surface area (Å²) in [4.78, 5) is 11.6. The summed E-state index contributed by atoms with van der Waals surface area (Å²) in [7, 11) is 0. The zero-order valence-corrected chi connectivity index (χ0v) is 9.71. The van der Waals surface area contributed by atoms with Crippen LogP contribution in [0.25, 0.3) is 0 Å². The van der Waals surface area contributed by atoms with E-state index in [0.717, 1.165) is 11.3 Å². The molecular weight excluding hydrogens is 218 g/mol. The largest absolute Gasteiger partial charge is 0.324 e. The molecule has 1 aromatic heterocycles. The van der Waals surface area contributed by atoms with Crippen molar-refractivity contribution in [3.8, 4) is 0 Å². The van der Waals surface area contributed by atoms with E-state index >= 15 is 0 Å². The minimum absolute atomic E-state index is 0.111. The van der Waals surface area contributed by atoms with E-state index < -0.39 is 0 Å². The van der Waals surface area contributed by atoms with Gasteiger partial charge in [-0.25, -0.2) is 4.68 Å². The van der Waals surface area contributed by atoms with Gasteiger partial charge in [-0.15, -0.1) is 5.10 Å². The molecule has 88 valence electrons. The molecule has 0 aliphatic heterocycles. The van der Waals surface area contributed by atoms with E-state index in [2.05, 4.69) is 20.8 Å². The Morgan fingerprint density at radius 2 is 2.18 bits per heavy atom. The van der Waals surface area contributed by atoms with Gasteiger partial charge in [0.15, 0.2) is 0 Å². The highest BCUT2D eigenvalue weighted by Gasteiger charge is 2.05. The van der Waals surface area contributed by atoms with Crippen molar-refractivity contribution in [2.75, 3.05) is 5.32 Å². The van der Waals surface area contributed by atoms with Crippen molar-refractivity contribution in [2.24, 2.45) is 0 Å². The van der Waals surface area contributed by atoms with E-state index in [-0.39, 0.29) is 12.5 Å². The highest BCUT2D eigenvalue weighted by molar-refractivity contribution is 5.90. The molecule has 0 unspecified atom stereocenters. The molecule has 0 aliphatic carbocycles. The number of hydrogen-bond acceptors (Lipinski definition) is 4. The lowest BCUT2D eigenvalue weighted by Gasteiger charge is -2.07. The van der Waals surface area contributed by atoms with E-state index in [0.29, 0.717) is 0 Å². The van der Waals surface area contributed by atoms with Crippen LogP contribution in [0.2, 0.25) is 0 Å². The number of carbonyl (C=O) groups excluding carboxylic acids is 1. The van der Waals surface area contributed by atoms with Crippen LogP contribution in [0.5, 0.6) is 0 Å². The maximum absolute atomic E-state index is 11.6. The first-order chi connectivity index (χ1) is 8.15. The second kappa shape index (κ2) is 4.73. The van der Waals surface area contributed by atoms with Crippen molar-refractivity contribution in [3.63, 3.8) is 0 Å². The van der Waals surface area contributed by atoms with Gasteiger partial charge in [0, 0.05) is 5.69 Å². The van der Waals surface area contributed by atoms with E-state index in [1.165, 1.54) is 16.6 Å². The minimum atomic E-state index is -0.152. The SMILES string of the molecule is Cc1ccc(NC(=O)Cn2cnnn2)cc1C. The second-order valence-corrected chi connectivity index (χ2v) is 3.85. The van der Waals surface area contributed by atoms with Crippen LogP contribution in [0.15, 0.2) is 24.5 Å². The van der Waals surface area contributed by atoms with Gasteiger partial charge in [0.1, 0.15) is 12.9 Å². The topological polar surface area (TPSA) is 72.7 Å². The maximum atomic E-state index is 11.6. The Hall–Kier alpha value is -2.24. The Kier molecular flexibility index (Phi) is 3.13. The van der Waals surface area contributed by atoms with Crippen molar-refractivity contribution in [2.45, 2.75) is 20.4 Å². The van der Waals surface area contributed by atoms with Gasteiger partial charge in [-0.05, 0) is 47.5 Å². The summed E-state index contributed by atoms with van der Waals surface area (Å²) in [5.41, 5.74) is 3.12. The van der Waals surface area contributed by atoms with Gasteiger partial charge in [-0.1, -0.05) is 6.07 Å². The molecule has 6 nitrogen and oxygen atoms in total. The molecule has 6 heteroatoms. The van der Waals surface area contributed by atoms with Crippen molar-refractivity contribution in [3.05, 3.63) is 35.7 Å². The fourth-order valence-corrected chi connectivity index (χ4v) is 1.42. The van der Waals surface area contributed by atoms with Crippen LogP contribution < -0.4 is 5.32 Å². The third kappa shape index (κ3) is 2.87. The Labute approximate surface area is 98.6 Å². The van der Waals surface area contributed by atoms with Gasteiger partial charge < -0.3 is 5.32 Å².